The van der Waals surface area contributed by atoms with Gasteiger partial charge >= 0.3 is 0 Å². The van der Waals surface area contributed by atoms with E-state index in [4.69, 9.17) is 0 Å². The third kappa shape index (κ3) is 6.16. The molecule has 1 saturated carbocycles. The van der Waals surface area contributed by atoms with Gasteiger partial charge in [-0.2, -0.15) is 0 Å². The molecule has 1 aliphatic carbocycles. The van der Waals surface area contributed by atoms with E-state index in [0.717, 1.165) is 54.0 Å². The van der Waals surface area contributed by atoms with Crippen molar-refractivity contribution in [2.75, 3.05) is 13.6 Å². The fraction of sp³-hybridized carbons (Fsp3) is 0.282. The highest BCUT2D eigenvalue weighted by Crippen LogP contribution is 2.46. The summed E-state index contributed by atoms with van der Waals surface area (Å²) in [5, 5.41) is 7.61. The number of rotatable bonds is 13. The van der Waals surface area contributed by atoms with Crippen LogP contribution in [-0.4, -0.2) is 69.0 Å². The van der Waals surface area contributed by atoms with E-state index in [1.165, 1.54) is 28.6 Å². The molecule has 2 aromatic heterocycles. The average molecular weight is 671 g/mol. The molecular weight excluding hydrogens is 632 g/mol. The molecule has 1 atom stereocenters. The van der Waals surface area contributed by atoms with Crippen LogP contribution in [0.3, 0.4) is 0 Å². The summed E-state index contributed by atoms with van der Waals surface area (Å²) in [4.78, 5) is 70.0. The van der Waals surface area contributed by atoms with Gasteiger partial charge in [-0.3, -0.25) is 34.2 Å². The number of hydrogen-bond acceptors (Lipinski definition) is 7. The lowest BCUT2D eigenvalue weighted by Gasteiger charge is -2.22. The third-order valence-electron chi connectivity index (χ3n) is 9.92. The number of carbonyl (C=O) groups is 5. The molecule has 5 aromatic rings. The Morgan fingerprint density at radius 1 is 0.960 bits per heavy atom. The van der Waals surface area contributed by atoms with Crippen molar-refractivity contribution >= 4 is 52.0 Å². The van der Waals surface area contributed by atoms with Crippen molar-refractivity contribution < 1.29 is 24.0 Å². The van der Waals surface area contributed by atoms with E-state index in [1.807, 2.05) is 12.3 Å². The molecule has 254 valence electrons. The first-order chi connectivity index (χ1) is 24.2. The maximum Gasteiger partial charge on any atom is 0.261 e. The number of imide groups is 2. The quantitative estimate of drug-likeness (QED) is 0.136. The Morgan fingerprint density at radius 3 is 2.46 bits per heavy atom. The van der Waals surface area contributed by atoms with E-state index >= 15 is 0 Å². The fourth-order valence-electron chi connectivity index (χ4n) is 7.00. The Morgan fingerprint density at radius 2 is 1.70 bits per heavy atom. The molecule has 2 N–H and O–H groups in total. The fourth-order valence-corrected chi connectivity index (χ4v) is 7.00. The number of pyridine rings is 1. The first kappa shape index (κ1) is 32.8. The highest BCUT2D eigenvalue weighted by molar-refractivity contribution is 6.22. The standard InChI is InChI=1S/C39H38N6O5/c1-25(9-16-34(47)41-24-46)45-37(49)31-15-12-27(22-32(31)38(45)50)36(48)42-39(17-18-39)28-13-10-26(11-14-28)23-43(2)20-21-44-33-8-4-3-6-29(33)30-7-5-19-40-35(30)44/h3-8,10-15,19,22,24-25H,9,16-18,20-21,23H2,1-2H3,(H,42,48)(H,41,46,47). The number of likely N-dealkylation sites (N-methyl/N-ethyl adjacent to an activating group) is 1. The molecule has 1 fully saturated rings. The number of aromatic nitrogens is 2. The summed E-state index contributed by atoms with van der Waals surface area (Å²) in [5.41, 5.74) is 4.59. The lowest BCUT2D eigenvalue weighted by Crippen LogP contribution is -2.38. The van der Waals surface area contributed by atoms with Gasteiger partial charge < -0.3 is 14.8 Å². The summed E-state index contributed by atoms with van der Waals surface area (Å²) < 4.78 is 2.29. The maximum absolute atomic E-state index is 13.5. The summed E-state index contributed by atoms with van der Waals surface area (Å²) in [6.07, 6.45) is 3.94. The Kier molecular flexibility index (Phi) is 8.75. The van der Waals surface area contributed by atoms with Gasteiger partial charge in [0.1, 0.15) is 5.65 Å². The van der Waals surface area contributed by atoms with Crippen molar-refractivity contribution in [3.8, 4) is 0 Å². The van der Waals surface area contributed by atoms with Crippen LogP contribution in [0, 0.1) is 0 Å². The van der Waals surface area contributed by atoms with Gasteiger partial charge in [-0.05, 0) is 80.8 Å². The largest absolute Gasteiger partial charge is 0.343 e. The molecule has 0 radical (unpaired) electrons. The van der Waals surface area contributed by atoms with Crippen molar-refractivity contribution in [3.05, 3.63) is 113 Å². The summed E-state index contributed by atoms with van der Waals surface area (Å²) in [6, 6.07) is 24.9. The highest BCUT2D eigenvalue weighted by Gasteiger charge is 2.46. The minimum absolute atomic E-state index is 0.0116. The highest BCUT2D eigenvalue weighted by atomic mass is 16.2. The summed E-state index contributed by atoms with van der Waals surface area (Å²) in [7, 11) is 2.11. The molecule has 1 unspecified atom stereocenters. The Balaban J connectivity index is 0.970. The molecule has 3 heterocycles. The summed E-state index contributed by atoms with van der Waals surface area (Å²) in [5.74, 6) is -1.77. The number of benzene rings is 3. The van der Waals surface area contributed by atoms with E-state index in [2.05, 4.69) is 86.7 Å². The minimum atomic E-state index is -0.563. The lowest BCUT2D eigenvalue weighted by molar-refractivity contribution is -0.125. The van der Waals surface area contributed by atoms with Crippen LogP contribution >= 0.6 is 0 Å². The second-order valence-corrected chi connectivity index (χ2v) is 13.3. The van der Waals surface area contributed by atoms with Gasteiger partial charge in [0.05, 0.1) is 22.2 Å². The van der Waals surface area contributed by atoms with Crippen LogP contribution in [-0.2, 0) is 28.2 Å². The zero-order valence-electron chi connectivity index (χ0n) is 28.0. The summed E-state index contributed by atoms with van der Waals surface area (Å²) >= 11 is 0. The van der Waals surface area contributed by atoms with E-state index in [1.54, 1.807) is 13.0 Å². The van der Waals surface area contributed by atoms with Crippen LogP contribution in [0.25, 0.3) is 21.9 Å². The Hall–Kier alpha value is -5.68. The van der Waals surface area contributed by atoms with Crippen LogP contribution < -0.4 is 10.6 Å². The first-order valence-corrected chi connectivity index (χ1v) is 16.9. The number of nitrogens with one attached hydrogen (secondary N) is 2. The minimum Gasteiger partial charge on any atom is -0.343 e. The van der Waals surface area contributed by atoms with Crippen molar-refractivity contribution in [3.63, 3.8) is 0 Å². The van der Waals surface area contributed by atoms with Crippen LogP contribution in [0.5, 0.6) is 0 Å². The van der Waals surface area contributed by atoms with Gasteiger partial charge in [-0.15, -0.1) is 0 Å². The second-order valence-electron chi connectivity index (χ2n) is 13.3. The number of fused-ring (bicyclic) bond motifs is 4. The molecule has 11 nitrogen and oxygen atoms in total. The molecule has 50 heavy (non-hydrogen) atoms. The number of hydrogen-bond donors (Lipinski definition) is 2. The van der Waals surface area contributed by atoms with Crippen LogP contribution in [0.1, 0.15) is 74.8 Å². The van der Waals surface area contributed by atoms with Crippen molar-refractivity contribution in [1.82, 2.24) is 30.0 Å². The van der Waals surface area contributed by atoms with Gasteiger partial charge in [-0.1, -0.05) is 42.5 Å². The molecule has 0 spiro atoms. The van der Waals surface area contributed by atoms with Crippen LogP contribution in [0.4, 0.5) is 0 Å². The van der Waals surface area contributed by atoms with Gasteiger partial charge in [0.2, 0.25) is 12.3 Å². The van der Waals surface area contributed by atoms with Crippen molar-refractivity contribution in [2.45, 2.75) is 57.3 Å². The molecule has 1 aliphatic heterocycles. The predicted molar refractivity (Wildman–Crippen MR) is 188 cm³/mol. The molecule has 0 saturated heterocycles. The topological polar surface area (TPSA) is 134 Å². The predicted octanol–water partition coefficient (Wildman–Crippen LogP) is 4.78. The first-order valence-electron chi connectivity index (χ1n) is 16.9. The molecule has 11 heteroatoms. The number of carbonyl (C=O) groups excluding carboxylic acids is 5. The number of nitrogens with zero attached hydrogens (tertiary/aromatic N) is 4. The van der Waals surface area contributed by atoms with E-state index in [0.29, 0.717) is 12.0 Å². The van der Waals surface area contributed by atoms with E-state index < -0.39 is 29.3 Å². The van der Waals surface area contributed by atoms with E-state index in [-0.39, 0.29) is 29.9 Å². The van der Waals surface area contributed by atoms with Crippen LogP contribution in [0.2, 0.25) is 0 Å². The van der Waals surface area contributed by atoms with E-state index in [9.17, 15) is 24.0 Å². The monoisotopic (exact) mass is 670 g/mol. The zero-order valence-corrected chi connectivity index (χ0v) is 28.0. The smallest absolute Gasteiger partial charge is 0.261 e. The Labute approximate surface area is 289 Å². The molecule has 5 amide bonds. The van der Waals surface area contributed by atoms with Crippen molar-refractivity contribution in [2.24, 2.45) is 0 Å². The normalized spacial score (nSPS) is 15.4. The molecule has 2 aliphatic rings. The Bertz CT molecular complexity index is 2100. The zero-order chi connectivity index (χ0) is 35.0. The number of amides is 5. The lowest BCUT2D eigenvalue weighted by atomic mass is 10.0. The van der Waals surface area contributed by atoms with Crippen LogP contribution in [0.15, 0.2) is 85.1 Å². The molecule has 0 bridgehead atoms. The molecular formula is C39H38N6O5. The van der Waals surface area contributed by atoms with Gasteiger partial charge in [-0.25, -0.2) is 4.98 Å². The van der Waals surface area contributed by atoms with Gasteiger partial charge in [0.25, 0.3) is 17.7 Å². The average Bonchev–Trinajstić information content (AvgIpc) is 3.77. The van der Waals surface area contributed by atoms with Gasteiger partial charge in [0, 0.05) is 54.6 Å². The van der Waals surface area contributed by atoms with Crippen molar-refractivity contribution in [1.29, 1.82) is 0 Å². The second kappa shape index (κ2) is 13.3. The SMILES string of the molecule is CC(CCC(=O)NC=O)N1C(=O)c2ccc(C(=O)NC3(c4ccc(CN(C)CCn5c6ccccc6c6cccnc65)cc4)CC3)cc2C1=O. The molecule has 7 rings (SSSR count). The molecule has 3 aromatic carbocycles. The van der Waals surface area contributed by atoms with Gasteiger partial charge in [0.15, 0.2) is 0 Å². The third-order valence-corrected chi connectivity index (χ3v) is 9.92. The summed E-state index contributed by atoms with van der Waals surface area (Å²) in [6.45, 7) is 4.10. The maximum atomic E-state index is 13.5. The number of para-hydroxylation sites is 1.